The first-order valence-electron chi connectivity index (χ1n) is 5.56. The minimum absolute atomic E-state index is 0.493. The Kier molecular flexibility index (Phi) is 2.51. The highest BCUT2D eigenvalue weighted by Crippen LogP contribution is 2.18. The van der Waals surface area contributed by atoms with Gasteiger partial charge in [-0.2, -0.15) is 0 Å². The Morgan fingerprint density at radius 1 is 1.00 bits per heavy atom. The van der Waals surface area contributed by atoms with Crippen LogP contribution < -0.4 is 0 Å². The van der Waals surface area contributed by atoms with Gasteiger partial charge in [-0.25, -0.2) is 4.98 Å². The van der Waals surface area contributed by atoms with Crippen LogP contribution in [0.3, 0.4) is 0 Å². The van der Waals surface area contributed by atoms with Gasteiger partial charge in [0, 0.05) is 12.4 Å². The summed E-state index contributed by atoms with van der Waals surface area (Å²) in [6, 6.07) is 4.26. The summed E-state index contributed by atoms with van der Waals surface area (Å²) in [4.78, 5) is 4.58. The lowest BCUT2D eigenvalue weighted by Gasteiger charge is -2.04. The maximum Gasteiger partial charge on any atom is 0.136 e. The molecule has 0 aliphatic heterocycles. The van der Waals surface area contributed by atoms with E-state index in [-0.39, 0.29) is 0 Å². The van der Waals surface area contributed by atoms with Gasteiger partial charge in [-0.3, -0.25) is 0 Å². The third-order valence-corrected chi connectivity index (χ3v) is 2.75. The number of hydrogen-bond acceptors (Lipinski definition) is 1. The second-order valence-electron chi connectivity index (χ2n) is 4.70. The summed E-state index contributed by atoms with van der Waals surface area (Å²) in [5, 5.41) is 0. The molecule has 2 nitrogen and oxygen atoms in total. The van der Waals surface area contributed by atoms with Crippen LogP contribution >= 0.6 is 0 Å². The van der Waals surface area contributed by atoms with Gasteiger partial charge in [0.05, 0.1) is 5.69 Å². The summed E-state index contributed by atoms with van der Waals surface area (Å²) < 4.78 is 2.13. The Morgan fingerprint density at radius 3 is 2.33 bits per heavy atom. The summed E-state index contributed by atoms with van der Waals surface area (Å²) >= 11 is 0. The van der Waals surface area contributed by atoms with Crippen molar-refractivity contribution in [2.45, 2.75) is 39.5 Å². The van der Waals surface area contributed by atoms with E-state index in [9.17, 15) is 0 Å². The Morgan fingerprint density at radius 2 is 1.73 bits per heavy atom. The fourth-order valence-corrected chi connectivity index (χ4v) is 1.65. The standard InChI is InChI=1S/C13H18N2/c1-9(2)11-5-6-13-14-12(10(3)4)8-15(13)7-11/h5-10H,1-4H3. The first kappa shape index (κ1) is 10.2. The molecule has 0 saturated carbocycles. The zero-order chi connectivity index (χ0) is 11.0. The summed E-state index contributed by atoms with van der Waals surface area (Å²) in [6.45, 7) is 8.76. The first-order chi connectivity index (χ1) is 7.08. The van der Waals surface area contributed by atoms with E-state index in [1.165, 1.54) is 5.56 Å². The van der Waals surface area contributed by atoms with Crippen LogP contribution in [0.4, 0.5) is 0 Å². The molecule has 2 heteroatoms. The van der Waals surface area contributed by atoms with Crippen LogP contribution in [0.5, 0.6) is 0 Å². The number of pyridine rings is 1. The molecular formula is C13H18N2. The monoisotopic (exact) mass is 202 g/mol. The molecule has 15 heavy (non-hydrogen) atoms. The summed E-state index contributed by atoms with van der Waals surface area (Å²) in [5.41, 5.74) is 3.56. The van der Waals surface area contributed by atoms with Crippen LogP contribution in [-0.2, 0) is 0 Å². The van der Waals surface area contributed by atoms with Crippen LogP contribution in [0.1, 0.15) is 50.8 Å². The first-order valence-corrected chi connectivity index (χ1v) is 5.56. The lowest BCUT2D eigenvalue weighted by molar-refractivity contribution is 0.833. The van der Waals surface area contributed by atoms with Crippen molar-refractivity contribution in [3.05, 3.63) is 35.8 Å². The Bertz CT molecular complexity index is 460. The number of hydrogen-bond donors (Lipinski definition) is 0. The average molecular weight is 202 g/mol. The van der Waals surface area contributed by atoms with E-state index < -0.39 is 0 Å². The molecule has 0 aliphatic carbocycles. The van der Waals surface area contributed by atoms with Crippen molar-refractivity contribution in [2.75, 3.05) is 0 Å². The zero-order valence-corrected chi connectivity index (χ0v) is 9.86. The predicted octanol–water partition coefficient (Wildman–Crippen LogP) is 3.58. The number of aromatic nitrogens is 2. The van der Waals surface area contributed by atoms with Gasteiger partial charge in [-0.05, 0) is 23.5 Å². The van der Waals surface area contributed by atoms with Crippen LogP contribution in [0.2, 0.25) is 0 Å². The van der Waals surface area contributed by atoms with Crippen molar-refractivity contribution < 1.29 is 0 Å². The zero-order valence-electron chi connectivity index (χ0n) is 9.86. The van der Waals surface area contributed by atoms with Gasteiger partial charge in [0.25, 0.3) is 0 Å². The van der Waals surface area contributed by atoms with E-state index in [0.717, 1.165) is 11.3 Å². The normalized spacial score (nSPS) is 11.9. The maximum absolute atomic E-state index is 4.58. The van der Waals surface area contributed by atoms with E-state index >= 15 is 0 Å². The minimum atomic E-state index is 0.493. The quantitative estimate of drug-likeness (QED) is 0.727. The van der Waals surface area contributed by atoms with E-state index in [1.807, 2.05) is 0 Å². The second kappa shape index (κ2) is 3.69. The lowest BCUT2D eigenvalue weighted by atomic mass is 10.1. The van der Waals surface area contributed by atoms with Crippen molar-refractivity contribution in [1.82, 2.24) is 9.38 Å². The minimum Gasteiger partial charge on any atom is -0.307 e. The molecule has 0 atom stereocenters. The van der Waals surface area contributed by atoms with Gasteiger partial charge in [0.2, 0.25) is 0 Å². The Labute approximate surface area is 91.0 Å². The van der Waals surface area contributed by atoms with Crippen molar-refractivity contribution in [1.29, 1.82) is 0 Å². The molecule has 2 aromatic heterocycles. The molecule has 0 radical (unpaired) electrons. The molecule has 0 fully saturated rings. The van der Waals surface area contributed by atoms with Gasteiger partial charge in [0.15, 0.2) is 0 Å². The average Bonchev–Trinajstić information content (AvgIpc) is 2.59. The highest BCUT2D eigenvalue weighted by molar-refractivity contribution is 5.42. The molecule has 0 aromatic carbocycles. The molecule has 2 aromatic rings. The Hall–Kier alpha value is -1.31. The van der Waals surface area contributed by atoms with E-state index in [0.29, 0.717) is 11.8 Å². The number of nitrogens with zero attached hydrogens (tertiary/aromatic N) is 2. The summed E-state index contributed by atoms with van der Waals surface area (Å²) in [5.74, 6) is 1.06. The molecule has 2 rings (SSSR count). The van der Waals surface area contributed by atoms with Crippen LogP contribution in [0.25, 0.3) is 5.65 Å². The van der Waals surface area contributed by atoms with Gasteiger partial charge in [-0.1, -0.05) is 33.8 Å². The molecule has 0 aliphatic rings. The van der Waals surface area contributed by atoms with Gasteiger partial charge >= 0.3 is 0 Å². The molecule has 0 bridgehead atoms. The fourth-order valence-electron chi connectivity index (χ4n) is 1.65. The number of fused-ring (bicyclic) bond motifs is 1. The van der Waals surface area contributed by atoms with Gasteiger partial charge in [-0.15, -0.1) is 0 Å². The molecule has 80 valence electrons. The van der Waals surface area contributed by atoms with Crippen molar-refractivity contribution >= 4 is 5.65 Å². The van der Waals surface area contributed by atoms with Crippen LogP contribution in [0, 0.1) is 0 Å². The lowest BCUT2D eigenvalue weighted by Crippen LogP contribution is -1.91. The van der Waals surface area contributed by atoms with E-state index in [4.69, 9.17) is 0 Å². The largest absolute Gasteiger partial charge is 0.307 e. The molecule has 0 amide bonds. The molecule has 0 unspecified atom stereocenters. The molecule has 0 N–H and O–H groups in total. The van der Waals surface area contributed by atoms with Crippen molar-refractivity contribution in [2.24, 2.45) is 0 Å². The summed E-state index contributed by atoms with van der Waals surface area (Å²) in [6.07, 6.45) is 4.31. The van der Waals surface area contributed by atoms with E-state index in [1.54, 1.807) is 0 Å². The van der Waals surface area contributed by atoms with Crippen LogP contribution in [-0.4, -0.2) is 9.38 Å². The number of imidazole rings is 1. The van der Waals surface area contributed by atoms with Crippen molar-refractivity contribution in [3.63, 3.8) is 0 Å². The highest BCUT2D eigenvalue weighted by Gasteiger charge is 2.06. The highest BCUT2D eigenvalue weighted by atomic mass is 15.0. The predicted molar refractivity (Wildman–Crippen MR) is 63.4 cm³/mol. The van der Waals surface area contributed by atoms with Crippen LogP contribution in [0.15, 0.2) is 24.5 Å². The molecular weight excluding hydrogens is 184 g/mol. The number of rotatable bonds is 2. The molecule has 0 saturated heterocycles. The van der Waals surface area contributed by atoms with E-state index in [2.05, 4.69) is 61.6 Å². The Balaban J connectivity index is 2.52. The SMILES string of the molecule is CC(C)c1ccc2nc(C(C)C)cn2c1. The smallest absolute Gasteiger partial charge is 0.136 e. The second-order valence-corrected chi connectivity index (χ2v) is 4.70. The van der Waals surface area contributed by atoms with Gasteiger partial charge < -0.3 is 4.40 Å². The third-order valence-electron chi connectivity index (χ3n) is 2.75. The van der Waals surface area contributed by atoms with Crippen molar-refractivity contribution in [3.8, 4) is 0 Å². The summed E-state index contributed by atoms with van der Waals surface area (Å²) in [7, 11) is 0. The topological polar surface area (TPSA) is 17.3 Å². The fraction of sp³-hybridized carbons (Fsp3) is 0.462. The molecule has 2 heterocycles. The maximum atomic E-state index is 4.58. The third kappa shape index (κ3) is 1.89. The van der Waals surface area contributed by atoms with Gasteiger partial charge in [0.1, 0.15) is 5.65 Å². The molecule has 0 spiro atoms.